The Kier molecular flexibility index (Phi) is 4.21. The van der Waals surface area contributed by atoms with Crippen LogP contribution in [0.3, 0.4) is 0 Å². The Morgan fingerprint density at radius 3 is 2.65 bits per heavy atom. The van der Waals surface area contributed by atoms with E-state index in [1.54, 1.807) is 0 Å². The molecule has 0 aromatic heterocycles. The highest BCUT2D eigenvalue weighted by atomic mass is 16.5. The Morgan fingerprint density at radius 1 is 0.962 bits per heavy atom. The number of aryl methyl sites for hydroxylation is 2. The second kappa shape index (κ2) is 6.68. The van der Waals surface area contributed by atoms with Gasteiger partial charge in [-0.1, -0.05) is 42.5 Å². The van der Waals surface area contributed by atoms with Gasteiger partial charge < -0.3 is 10.1 Å². The minimum absolute atomic E-state index is 0.00159. The van der Waals surface area contributed by atoms with Crippen molar-refractivity contribution in [3.05, 3.63) is 82.9 Å². The molecular formula is C23H21NO2. The Labute approximate surface area is 153 Å². The summed E-state index contributed by atoms with van der Waals surface area (Å²) in [7, 11) is 0. The summed E-state index contributed by atoms with van der Waals surface area (Å²) in [5.74, 6) is 0.603. The van der Waals surface area contributed by atoms with Gasteiger partial charge in [-0.25, -0.2) is 0 Å². The first-order valence-electron chi connectivity index (χ1n) is 8.81. The maximum Gasteiger partial charge on any atom is 0.262 e. The molecule has 0 aliphatic heterocycles. The van der Waals surface area contributed by atoms with E-state index in [9.17, 15) is 4.79 Å². The number of benzene rings is 3. The summed E-state index contributed by atoms with van der Waals surface area (Å²) < 4.78 is 5.68. The van der Waals surface area contributed by atoms with Crippen LogP contribution in [0.4, 0.5) is 5.69 Å². The van der Waals surface area contributed by atoms with Gasteiger partial charge in [0.1, 0.15) is 5.75 Å². The van der Waals surface area contributed by atoms with Crippen molar-refractivity contribution in [3.8, 4) is 16.9 Å². The van der Waals surface area contributed by atoms with Crippen molar-refractivity contribution >= 4 is 11.6 Å². The average Bonchev–Trinajstić information content (AvgIpc) is 3.00. The highest BCUT2D eigenvalue weighted by Gasteiger charge is 2.18. The van der Waals surface area contributed by atoms with Crippen LogP contribution in [0.5, 0.6) is 5.75 Å². The van der Waals surface area contributed by atoms with E-state index in [2.05, 4.69) is 41.7 Å². The van der Waals surface area contributed by atoms with Gasteiger partial charge >= 0.3 is 0 Å². The second-order valence-electron chi connectivity index (χ2n) is 6.81. The zero-order valence-electron chi connectivity index (χ0n) is 15.0. The van der Waals surface area contributed by atoms with Crippen LogP contribution in [-0.4, -0.2) is 12.5 Å². The van der Waals surface area contributed by atoms with Crippen molar-refractivity contribution in [2.24, 2.45) is 0 Å². The molecule has 1 aliphatic rings. The van der Waals surface area contributed by atoms with E-state index in [1.165, 1.54) is 22.3 Å². The van der Waals surface area contributed by atoms with Crippen LogP contribution < -0.4 is 10.1 Å². The molecule has 0 saturated heterocycles. The lowest BCUT2D eigenvalue weighted by Gasteiger charge is -2.11. The molecular weight excluding hydrogens is 322 g/mol. The third-order valence-corrected chi connectivity index (χ3v) is 4.78. The van der Waals surface area contributed by atoms with Crippen LogP contribution in [-0.2, 0) is 11.2 Å². The van der Waals surface area contributed by atoms with Crippen molar-refractivity contribution in [1.82, 2.24) is 0 Å². The molecule has 4 rings (SSSR count). The van der Waals surface area contributed by atoms with Gasteiger partial charge in [0.05, 0.1) is 0 Å². The Hall–Kier alpha value is -3.07. The highest BCUT2D eigenvalue weighted by molar-refractivity contribution is 5.92. The lowest BCUT2D eigenvalue weighted by atomic mass is 10.1. The highest BCUT2D eigenvalue weighted by Crippen LogP contribution is 2.37. The van der Waals surface area contributed by atoms with E-state index in [0.29, 0.717) is 0 Å². The van der Waals surface area contributed by atoms with Crippen LogP contribution in [0.2, 0.25) is 0 Å². The number of ether oxygens (including phenoxy) is 1. The number of carbonyl (C=O) groups is 1. The molecule has 3 nitrogen and oxygen atoms in total. The molecule has 130 valence electrons. The van der Waals surface area contributed by atoms with Crippen molar-refractivity contribution in [1.29, 1.82) is 0 Å². The minimum atomic E-state index is -0.152. The molecule has 0 fully saturated rings. The summed E-state index contributed by atoms with van der Waals surface area (Å²) in [6.07, 6.45) is 0.911. The molecule has 0 spiro atoms. The lowest BCUT2D eigenvalue weighted by molar-refractivity contribution is -0.118. The molecule has 0 heterocycles. The first-order chi connectivity index (χ1) is 12.6. The lowest BCUT2D eigenvalue weighted by Crippen LogP contribution is -2.20. The molecule has 0 bridgehead atoms. The topological polar surface area (TPSA) is 38.3 Å². The summed E-state index contributed by atoms with van der Waals surface area (Å²) in [4.78, 5) is 12.3. The smallest absolute Gasteiger partial charge is 0.262 e. The normalized spacial score (nSPS) is 11.6. The van der Waals surface area contributed by atoms with Crippen molar-refractivity contribution in [2.45, 2.75) is 20.3 Å². The monoisotopic (exact) mass is 343 g/mol. The van der Waals surface area contributed by atoms with Crippen molar-refractivity contribution in [3.63, 3.8) is 0 Å². The van der Waals surface area contributed by atoms with E-state index in [4.69, 9.17) is 4.74 Å². The molecule has 3 aromatic rings. The van der Waals surface area contributed by atoms with E-state index >= 15 is 0 Å². The van der Waals surface area contributed by atoms with Crippen molar-refractivity contribution in [2.75, 3.05) is 11.9 Å². The molecule has 0 radical (unpaired) electrons. The van der Waals surface area contributed by atoms with Crippen LogP contribution >= 0.6 is 0 Å². The van der Waals surface area contributed by atoms with E-state index in [1.807, 2.05) is 38.1 Å². The maximum absolute atomic E-state index is 12.3. The number of anilines is 1. The Morgan fingerprint density at radius 2 is 1.77 bits per heavy atom. The summed E-state index contributed by atoms with van der Waals surface area (Å²) in [6.45, 7) is 3.99. The van der Waals surface area contributed by atoms with Crippen molar-refractivity contribution < 1.29 is 9.53 Å². The zero-order valence-corrected chi connectivity index (χ0v) is 15.0. The molecule has 1 N–H and O–H groups in total. The van der Waals surface area contributed by atoms with Gasteiger partial charge in [0.2, 0.25) is 0 Å². The fraction of sp³-hybridized carbons (Fsp3) is 0.174. The summed E-state index contributed by atoms with van der Waals surface area (Å²) in [5.41, 5.74) is 8.08. The van der Waals surface area contributed by atoms with Gasteiger partial charge in [0.25, 0.3) is 5.91 Å². The van der Waals surface area contributed by atoms with Crippen LogP contribution in [0.25, 0.3) is 11.1 Å². The van der Waals surface area contributed by atoms with E-state index < -0.39 is 0 Å². The fourth-order valence-electron chi connectivity index (χ4n) is 3.43. The van der Waals surface area contributed by atoms with Gasteiger partial charge in [-0.15, -0.1) is 0 Å². The quantitative estimate of drug-likeness (QED) is 0.573. The van der Waals surface area contributed by atoms with E-state index in [-0.39, 0.29) is 12.5 Å². The average molecular weight is 343 g/mol. The SMILES string of the molecule is Cc1ccc(C)c(OCC(=O)Nc2ccc3c(c2)Cc2ccccc2-3)c1. The molecule has 3 aromatic carbocycles. The van der Waals surface area contributed by atoms with Gasteiger partial charge in [0, 0.05) is 5.69 Å². The third kappa shape index (κ3) is 3.21. The first-order valence-corrected chi connectivity index (χ1v) is 8.81. The number of fused-ring (bicyclic) bond motifs is 3. The van der Waals surface area contributed by atoms with Gasteiger partial charge in [-0.05, 0) is 71.8 Å². The van der Waals surface area contributed by atoms with Crippen LogP contribution in [0.15, 0.2) is 60.7 Å². The van der Waals surface area contributed by atoms with Crippen LogP contribution in [0, 0.1) is 13.8 Å². The number of nitrogens with one attached hydrogen (secondary N) is 1. The molecule has 0 atom stereocenters. The predicted octanol–water partition coefficient (Wildman–Crippen LogP) is 4.89. The first kappa shape index (κ1) is 16.4. The molecule has 0 unspecified atom stereocenters. The molecule has 26 heavy (non-hydrogen) atoms. The number of hydrogen-bond donors (Lipinski definition) is 1. The second-order valence-corrected chi connectivity index (χ2v) is 6.81. The molecule has 1 amide bonds. The summed E-state index contributed by atoms with van der Waals surface area (Å²) in [5, 5.41) is 2.94. The maximum atomic E-state index is 12.3. The minimum Gasteiger partial charge on any atom is -0.483 e. The van der Waals surface area contributed by atoms with Gasteiger partial charge in [-0.3, -0.25) is 4.79 Å². The zero-order chi connectivity index (χ0) is 18.1. The number of carbonyl (C=O) groups excluding carboxylic acids is 1. The molecule has 3 heteroatoms. The molecule has 0 saturated carbocycles. The Balaban J connectivity index is 1.43. The fourth-order valence-corrected chi connectivity index (χ4v) is 3.43. The third-order valence-electron chi connectivity index (χ3n) is 4.78. The van der Waals surface area contributed by atoms with Crippen LogP contribution in [0.1, 0.15) is 22.3 Å². The largest absolute Gasteiger partial charge is 0.483 e. The number of rotatable bonds is 4. The molecule has 1 aliphatic carbocycles. The standard InChI is InChI=1S/C23H21NO2/c1-15-7-8-16(2)22(11-15)26-14-23(25)24-19-9-10-21-18(13-19)12-17-5-3-4-6-20(17)21/h3-11,13H,12,14H2,1-2H3,(H,24,25). The predicted molar refractivity (Wildman–Crippen MR) is 105 cm³/mol. The Bertz CT molecular complexity index is 991. The number of hydrogen-bond acceptors (Lipinski definition) is 2. The number of amides is 1. The van der Waals surface area contributed by atoms with Gasteiger partial charge in [0.15, 0.2) is 6.61 Å². The van der Waals surface area contributed by atoms with Gasteiger partial charge in [-0.2, -0.15) is 0 Å². The van der Waals surface area contributed by atoms with E-state index in [0.717, 1.165) is 29.0 Å². The summed E-state index contributed by atoms with van der Waals surface area (Å²) in [6, 6.07) is 20.5. The summed E-state index contributed by atoms with van der Waals surface area (Å²) >= 11 is 0.